The molecule has 0 bridgehead atoms. The SMILES string of the molecule is NC(Cc1cc(F)c(C(F)(F)F)c(F)c1)C(=O)O. The van der Waals surface area contributed by atoms with Crippen LogP contribution in [0.4, 0.5) is 22.0 Å². The first-order valence-corrected chi connectivity index (χ1v) is 4.66. The lowest BCUT2D eigenvalue weighted by molar-refractivity contribution is -0.142. The van der Waals surface area contributed by atoms with Crippen LogP contribution in [0.3, 0.4) is 0 Å². The normalized spacial score (nSPS) is 13.4. The highest BCUT2D eigenvalue weighted by Gasteiger charge is 2.38. The molecule has 1 atom stereocenters. The fourth-order valence-corrected chi connectivity index (χ4v) is 1.36. The summed E-state index contributed by atoms with van der Waals surface area (Å²) in [6.45, 7) is 0. The van der Waals surface area contributed by atoms with Crippen LogP contribution in [0.25, 0.3) is 0 Å². The van der Waals surface area contributed by atoms with Crippen LogP contribution in [0.2, 0.25) is 0 Å². The minimum atomic E-state index is -5.15. The second-order valence-electron chi connectivity index (χ2n) is 3.58. The average Bonchev–Trinajstić information content (AvgIpc) is 2.13. The minimum absolute atomic E-state index is 0.257. The zero-order chi connectivity index (χ0) is 14.1. The van der Waals surface area contributed by atoms with Gasteiger partial charge in [0.05, 0.1) is 0 Å². The van der Waals surface area contributed by atoms with Gasteiger partial charge in [-0.1, -0.05) is 0 Å². The molecule has 0 saturated heterocycles. The fraction of sp³-hybridized carbons (Fsp3) is 0.300. The number of carboxylic acids is 1. The Bertz CT molecular complexity index is 449. The van der Waals surface area contributed by atoms with E-state index in [1.165, 1.54) is 0 Å². The zero-order valence-electron chi connectivity index (χ0n) is 8.76. The van der Waals surface area contributed by atoms with Gasteiger partial charge in [-0.25, -0.2) is 8.78 Å². The first-order chi connectivity index (χ1) is 8.12. The second kappa shape index (κ2) is 4.89. The maximum atomic E-state index is 13.1. The van der Waals surface area contributed by atoms with E-state index in [-0.39, 0.29) is 5.56 Å². The van der Waals surface area contributed by atoms with Crippen molar-refractivity contribution in [3.8, 4) is 0 Å². The Labute approximate surface area is 98.0 Å². The lowest BCUT2D eigenvalue weighted by Crippen LogP contribution is -2.32. The maximum Gasteiger partial charge on any atom is 0.422 e. The molecular formula is C10H8F5NO2. The highest BCUT2D eigenvalue weighted by atomic mass is 19.4. The van der Waals surface area contributed by atoms with Gasteiger partial charge in [-0.15, -0.1) is 0 Å². The molecule has 0 amide bonds. The molecule has 1 aromatic carbocycles. The molecule has 0 aliphatic rings. The third-order valence-electron chi connectivity index (χ3n) is 2.16. The fourth-order valence-electron chi connectivity index (χ4n) is 1.36. The van der Waals surface area contributed by atoms with Crippen molar-refractivity contribution in [2.24, 2.45) is 5.73 Å². The van der Waals surface area contributed by atoms with E-state index in [9.17, 15) is 26.7 Å². The number of hydrogen-bond donors (Lipinski definition) is 2. The van der Waals surface area contributed by atoms with E-state index in [4.69, 9.17) is 10.8 Å². The topological polar surface area (TPSA) is 63.3 Å². The Kier molecular flexibility index (Phi) is 3.90. The Morgan fingerprint density at radius 2 is 1.72 bits per heavy atom. The molecule has 0 aromatic heterocycles. The summed E-state index contributed by atoms with van der Waals surface area (Å²) in [6.07, 6.45) is -5.62. The van der Waals surface area contributed by atoms with Gasteiger partial charge in [0, 0.05) is 0 Å². The summed E-state index contributed by atoms with van der Waals surface area (Å²) in [5.41, 5.74) is 2.84. The molecule has 1 unspecified atom stereocenters. The van der Waals surface area contributed by atoms with Crippen LogP contribution < -0.4 is 5.73 Å². The number of nitrogens with two attached hydrogens (primary N) is 1. The minimum Gasteiger partial charge on any atom is -0.480 e. The summed E-state index contributed by atoms with van der Waals surface area (Å²) < 4.78 is 62.9. The number of alkyl halides is 3. The first-order valence-electron chi connectivity index (χ1n) is 4.66. The number of aliphatic carboxylic acids is 1. The quantitative estimate of drug-likeness (QED) is 0.824. The van der Waals surface area contributed by atoms with Crippen LogP contribution in [0.15, 0.2) is 12.1 Å². The summed E-state index contributed by atoms with van der Waals surface area (Å²) in [5, 5.41) is 8.47. The Morgan fingerprint density at radius 3 is 2.06 bits per heavy atom. The monoisotopic (exact) mass is 269 g/mol. The third-order valence-corrected chi connectivity index (χ3v) is 2.16. The van der Waals surface area contributed by atoms with Crippen molar-refractivity contribution in [2.75, 3.05) is 0 Å². The molecule has 3 nitrogen and oxygen atoms in total. The summed E-state index contributed by atoms with van der Waals surface area (Å²) >= 11 is 0. The van der Waals surface area contributed by atoms with Gasteiger partial charge in [-0.05, 0) is 24.1 Å². The van der Waals surface area contributed by atoms with Crippen LogP contribution in [0.5, 0.6) is 0 Å². The van der Waals surface area contributed by atoms with E-state index < -0.39 is 41.8 Å². The molecule has 0 heterocycles. The Hall–Kier alpha value is -1.70. The van der Waals surface area contributed by atoms with E-state index >= 15 is 0 Å². The van der Waals surface area contributed by atoms with Crippen molar-refractivity contribution in [2.45, 2.75) is 18.6 Å². The van der Waals surface area contributed by atoms with Crippen molar-refractivity contribution in [1.29, 1.82) is 0 Å². The highest BCUT2D eigenvalue weighted by Crippen LogP contribution is 2.34. The number of rotatable bonds is 3. The number of carboxylic acid groups (broad SMARTS) is 1. The van der Waals surface area contributed by atoms with Crippen LogP contribution in [-0.2, 0) is 17.4 Å². The predicted octanol–water partition coefficient (Wildman–Crippen LogP) is 1.94. The van der Waals surface area contributed by atoms with Gasteiger partial charge < -0.3 is 10.8 Å². The number of carbonyl (C=O) groups is 1. The van der Waals surface area contributed by atoms with Gasteiger partial charge in [0.2, 0.25) is 0 Å². The van der Waals surface area contributed by atoms with Crippen LogP contribution in [-0.4, -0.2) is 17.1 Å². The Balaban J connectivity index is 3.11. The van der Waals surface area contributed by atoms with Crippen molar-refractivity contribution in [3.05, 3.63) is 34.9 Å². The van der Waals surface area contributed by atoms with Crippen molar-refractivity contribution >= 4 is 5.97 Å². The van der Waals surface area contributed by atoms with Gasteiger partial charge in [-0.3, -0.25) is 4.79 Å². The summed E-state index contributed by atoms with van der Waals surface area (Å²) in [6, 6.07) is -0.593. The maximum absolute atomic E-state index is 13.1. The van der Waals surface area contributed by atoms with E-state index in [2.05, 4.69) is 0 Å². The van der Waals surface area contributed by atoms with Crippen molar-refractivity contribution < 1.29 is 31.9 Å². The number of benzene rings is 1. The van der Waals surface area contributed by atoms with Crippen LogP contribution in [0.1, 0.15) is 11.1 Å². The van der Waals surface area contributed by atoms with Crippen molar-refractivity contribution in [1.82, 2.24) is 0 Å². The number of hydrogen-bond acceptors (Lipinski definition) is 2. The molecule has 8 heteroatoms. The van der Waals surface area contributed by atoms with E-state index in [1.54, 1.807) is 0 Å². The molecule has 1 rings (SSSR count). The third kappa shape index (κ3) is 3.16. The van der Waals surface area contributed by atoms with E-state index in [1.807, 2.05) is 0 Å². The molecule has 0 spiro atoms. The zero-order valence-corrected chi connectivity index (χ0v) is 8.76. The molecule has 0 aliphatic heterocycles. The van der Waals surface area contributed by atoms with Crippen LogP contribution in [0, 0.1) is 11.6 Å². The highest BCUT2D eigenvalue weighted by molar-refractivity contribution is 5.73. The molecule has 100 valence electrons. The van der Waals surface area contributed by atoms with Gasteiger partial charge in [0.1, 0.15) is 23.2 Å². The lowest BCUT2D eigenvalue weighted by Gasteiger charge is -2.12. The number of halogens is 5. The predicted molar refractivity (Wildman–Crippen MR) is 50.7 cm³/mol. The average molecular weight is 269 g/mol. The molecule has 18 heavy (non-hydrogen) atoms. The van der Waals surface area contributed by atoms with Gasteiger partial charge in [0.25, 0.3) is 0 Å². The second-order valence-corrected chi connectivity index (χ2v) is 3.58. The molecular weight excluding hydrogens is 261 g/mol. The molecule has 1 aromatic rings. The molecule has 0 saturated carbocycles. The largest absolute Gasteiger partial charge is 0.480 e. The van der Waals surface area contributed by atoms with Gasteiger partial charge in [0.15, 0.2) is 0 Å². The van der Waals surface area contributed by atoms with E-state index in [0.717, 1.165) is 0 Å². The standard InChI is InChI=1S/C10H8F5NO2/c11-5-1-4(3-7(16)9(17)18)2-6(12)8(5)10(13,14)15/h1-2,7H,3,16H2,(H,17,18). The van der Waals surface area contributed by atoms with Gasteiger partial charge in [-0.2, -0.15) is 13.2 Å². The molecule has 0 aliphatic carbocycles. The van der Waals surface area contributed by atoms with Gasteiger partial charge >= 0.3 is 12.1 Å². The Morgan fingerprint density at radius 1 is 1.28 bits per heavy atom. The van der Waals surface area contributed by atoms with Crippen LogP contribution >= 0.6 is 0 Å². The summed E-state index contributed by atoms with van der Waals surface area (Å²) in [5.74, 6) is -5.01. The van der Waals surface area contributed by atoms with E-state index in [0.29, 0.717) is 12.1 Å². The molecule has 3 N–H and O–H groups in total. The summed E-state index contributed by atoms with van der Waals surface area (Å²) in [4.78, 5) is 10.4. The lowest BCUT2D eigenvalue weighted by atomic mass is 10.0. The first kappa shape index (κ1) is 14.4. The summed E-state index contributed by atoms with van der Waals surface area (Å²) in [7, 11) is 0. The molecule has 0 fully saturated rings. The van der Waals surface area contributed by atoms with Crippen molar-refractivity contribution in [3.63, 3.8) is 0 Å². The smallest absolute Gasteiger partial charge is 0.422 e. The molecule has 0 radical (unpaired) electrons.